The number of methoxy groups -OCH3 is 1. The molecule has 0 spiro atoms. The molecule has 0 aliphatic rings. The summed E-state index contributed by atoms with van der Waals surface area (Å²) in [6.07, 6.45) is -2.25. The summed E-state index contributed by atoms with van der Waals surface area (Å²) in [5.74, 6) is -1.78. The largest absolute Gasteiger partial charge is 0.507 e. The van der Waals surface area contributed by atoms with E-state index < -0.39 is 65.4 Å². The van der Waals surface area contributed by atoms with Gasteiger partial charge in [0.25, 0.3) is 0 Å². The molecular weight excluding hydrogens is 811 g/mol. The standard InChI is InChI=1S/C51H61N5O8/c1-33(2)43(47(59)53-31-39-26-27-40(63-6)29-42(39)57)55-48(60)44(52-30-35-22-24-38(25-23-35)37-20-14-9-15-21-37)45(58)41(28-34-16-10-7-11-17-34)54-49(61)46(51(3,4)5)56-50(62)64-32-36-18-12-8-13-19-36/h7-27,29,33,41,43-46,52,57-58H,28,30-32H2,1-6H3,(H,53,59)(H,54,61)(H,55,60)(H,56,62)/t41-,43-,44+,45-,46+/m0/s1. The van der Waals surface area contributed by atoms with Crippen molar-refractivity contribution < 1.29 is 38.9 Å². The van der Waals surface area contributed by atoms with E-state index in [1.807, 2.05) is 115 Å². The molecule has 5 aromatic rings. The molecule has 0 saturated heterocycles. The van der Waals surface area contributed by atoms with Crippen LogP contribution in [0.5, 0.6) is 11.5 Å². The molecule has 0 heterocycles. The quantitative estimate of drug-likeness (QED) is 0.0464. The lowest BCUT2D eigenvalue weighted by atomic mass is 9.85. The molecule has 0 radical (unpaired) electrons. The van der Waals surface area contributed by atoms with E-state index in [0.717, 1.165) is 27.8 Å². The van der Waals surface area contributed by atoms with Gasteiger partial charge in [-0.2, -0.15) is 0 Å². The number of aliphatic hydroxyl groups excluding tert-OH is 1. The molecule has 338 valence electrons. The van der Waals surface area contributed by atoms with E-state index in [4.69, 9.17) is 9.47 Å². The van der Waals surface area contributed by atoms with Gasteiger partial charge in [0, 0.05) is 24.7 Å². The number of aromatic hydroxyl groups is 1. The van der Waals surface area contributed by atoms with Gasteiger partial charge < -0.3 is 41.0 Å². The molecule has 0 fully saturated rings. The van der Waals surface area contributed by atoms with Crippen molar-refractivity contribution in [3.05, 3.63) is 156 Å². The van der Waals surface area contributed by atoms with E-state index >= 15 is 0 Å². The summed E-state index contributed by atoms with van der Waals surface area (Å²) in [7, 11) is 1.48. The number of carbonyl (C=O) groups excluding carboxylic acids is 4. The zero-order valence-corrected chi connectivity index (χ0v) is 37.3. The van der Waals surface area contributed by atoms with Gasteiger partial charge >= 0.3 is 6.09 Å². The Bertz CT molecular complexity index is 2270. The first-order chi connectivity index (χ1) is 30.6. The molecule has 5 rings (SSSR count). The predicted octanol–water partition coefficient (Wildman–Crippen LogP) is 6.41. The van der Waals surface area contributed by atoms with Crippen molar-refractivity contribution in [3.8, 4) is 22.6 Å². The van der Waals surface area contributed by atoms with Gasteiger partial charge in [-0.05, 0) is 57.7 Å². The van der Waals surface area contributed by atoms with Crippen molar-refractivity contribution in [2.75, 3.05) is 7.11 Å². The first kappa shape index (κ1) is 48.3. The second kappa shape index (κ2) is 23.1. The molecule has 5 aromatic carbocycles. The third-order valence-electron chi connectivity index (χ3n) is 10.8. The predicted molar refractivity (Wildman–Crippen MR) is 247 cm³/mol. The second-order valence-corrected chi connectivity index (χ2v) is 17.2. The molecule has 0 aromatic heterocycles. The summed E-state index contributed by atoms with van der Waals surface area (Å²) in [6.45, 7) is 9.08. The summed E-state index contributed by atoms with van der Waals surface area (Å²) in [4.78, 5) is 55.8. The monoisotopic (exact) mass is 871 g/mol. The van der Waals surface area contributed by atoms with Gasteiger partial charge in [0.1, 0.15) is 36.2 Å². The van der Waals surface area contributed by atoms with Gasteiger partial charge in [0.05, 0.1) is 19.3 Å². The summed E-state index contributed by atoms with van der Waals surface area (Å²) < 4.78 is 10.6. The number of aliphatic hydroxyl groups is 1. The number of rotatable bonds is 20. The van der Waals surface area contributed by atoms with Crippen molar-refractivity contribution in [1.82, 2.24) is 26.6 Å². The Labute approximate surface area is 376 Å². The number of phenolic OH excluding ortho intramolecular Hbond substituents is 1. The highest BCUT2D eigenvalue weighted by Crippen LogP contribution is 2.24. The molecule has 0 aliphatic carbocycles. The highest BCUT2D eigenvalue weighted by Gasteiger charge is 2.39. The zero-order chi connectivity index (χ0) is 46.2. The molecule has 5 atom stereocenters. The van der Waals surface area contributed by atoms with Crippen LogP contribution in [0.4, 0.5) is 4.79 Å². The van der Waals surface area contributed by atoms with Crippen LogP contribution in [0.3, 0.4) is 0 Å². The Morgan fingerprint density at radius 1 is 0.641 bits per heavy atom. The van der Waals surface area contributed by atoms with Crippen LogP contribution in [0.1, 0.15) is 56.9 Å². The van der Waals surface area contributed by atoms with Crippen molar-refractivity contribution in [1.29, 1.82) is 0 Å². The highest BCUT2D eigenvalue weighted by molar-refractivity contribution is 5.91. The molecule has 0 aliphatic heterocycles. The van der Waals surface area contributed by atoms with Crippen LogP contribution in [0.15, 0.2) is 133 Å². The van der Waals surface area contributed by atoms with Crippen LogP contribution >= 0.6 is 0 Å². The van der Waals surface area contributed by atoms with Crippen LogP contribution in [-0.4, -0.2) is 71.4 Å². The van der Waals surface area contributed by atoms with Crippen molar-refractivity contribution in [2.45, 2.75) is 91.0 Å². The maximum Gasteiger partial charge on any atom is 0.408 e. The zero-order valence-electron chi connectivity index (χ0n) is 37.3. The van der Waals surface area contributed by atoms with Gasteiger partial charge in [-0.15, -0.1) is 0 Å². The number of alkyl carbamates (subject to hydrolysis) is 1. The Morgan fingerprint density at radius 3 is 1.81 bits per heavy atom. The Morgan fingerprint density at radius 2 is 1.23 bits per heavy atom. The third-order valence-corrected chi connectivity index (χ3v) is 10.8. The minimum Gasteiger partial charge on any atom is -0.507 e. The smallest absolute Gasteiger partial charge is 0.408 e. The highest BCUT2D eigenvalue weighted by atomic mass is 16.5. The first-order valence-electron chi connectivity index (χ1n) is 21.4. The third kappa shape index (κ3) is 14.2. The SMILES string of the molecule is COc1ccc(CNC(=O)[C@@H](NC(=O)[C@H](NCc2ccc(-c3ccccc3)cc2)[C@@H](O)[C@H](Cc2ccccc2)NC(=O)[C@@H](NC(=O)OCc2ccccc2)C(C)(C)C)C(C)C)c(O)c1. The lowest BCUT2D eigenvalue weighted by molar-refractivity contribution is -0.134. The number of carbonyl (C=O) groups is 4. The number of amides is 4. The number of ether oxygens (including phenoxy) is 2. The minimum atomic E-state index is -1.56. The molecular formula is C51H61N5O8. The molecule has 4 amide bonds. The van der Waals surface area contributed by atoms with Crippen LogP contribution in [0.25, 0.3) is 11.1 Å². The summed E-state index contributed by atoms with van der Waals surface area (Å²) in [6, 6.07) is 36.2. The minimum absolute atomic E-state index is 0.00269. The van der Waals surface area contributed by atoms with Crippen molar-refractivity contribution in [3.63, 3.8) is 0 Å². The van der Waals surface area contributed by atoms with Crippen LogP contribution in [0.2, 0.25) is 0 Å². The summed E-state index contributed by atoms with van der Waals surface area (Å²) in [5, 5.41) is 37.5. The molecule has 13 heteroatoms. The average molecular weight is 872 g/mol. The van der Waals surface area contributed by atoms with Gasteiger partial charge in [0.2, 0.25) is 17.7 Å². The number of phenols is 1. The lowest BCUT2D eigenvalue weighted by Crippen LogP contribution is -2.63. The van der Waals surface area contributed by atoms with Crippen molar-refractivity contribution in [2.24, 2.45) is 11.3 Å². The van der Waals surface area contributed by atoms with Gasteiger partial charge in [-0.3, -0.25) is 19.7 Å². The van der Waals surface area contributed by atoms with Crippen molar-refractivity contribution >= 4 is 23.8 Å². The van der Waals surface area contributed by atoms with Crippen LogP contribution in [-0.2, 0) is 45.2 Å². The van der Waals surface area contributed by atoms with E-state index in [1.54, 1.807) is 46.8 Å². The number of benzene rings is 5. The maximum absolute atomic E-state index is 14.6. The molecule has 13 nitrogen and oxygen atoms in total. The fraction of sp³-hybridized carbons (Fsp3) is 0.333. The Hall–Kier alpha value is -6.70. The van der Waals surface area contributed by atoms with Gasteiger partial charge in [0.15, 0.2) is 0 Å². The van der Waals surface area contributed by atoms with E-state index in [9.17, 15) is 29.4 Å². The van der Waals surface area contributed by atoms with Gasteiger partial charge in [-0.1, -0.05) is 150 Å². The molecule has 0 bridgehead atoms. The van der Waals surface area contributed by atoms with Gasteiger partial charge in [-0.25, -0.2) is 4.79 Å². The normalized spacial score (nSPS) is 13.7. The first-order valence-corrected chi connectivity index (χ1v) is 21.4. The lowest BCUT2D eigenvalue weighted by Gasteiger charge is -2.35. The number of nitrogens with one attached hydrogen (secondary N) is 5. The van der Waals surface area contributed by atoms with E-state index in [2.05, 4.69) is 26.6 Å². The van der Waals surface area contributed by atoms with Crippen LogP contribution in [0, 0.1) is 11.3 Å². The Balaban J connectivity index is 1.41. The molecule has 0 saturated carbocycles. The fourth-order valence-electron chi connectivity index (χ4n) is 7.11. The summed E-state index contributed by atoms with van der Waals surface area (Å²) >= 11 is 0. The second-order valence-electron chi connectivity index (χ2n) is 17.2. The van der Waals surface area contributed by atoms with E-state index in [0.29, 0.717) is 11.3 Å². The summed E-state index contributed by atoms with van der Waals surface area (Å²) in [5.41, 5.74) is 4.05. The van der Waals surface area contributed by atoms with E-state index in [1.165, 1.54) is 13.2 Å². The topological polar surface area (TPSA) is 187 Å². The number of hydrogen-bond acceptors (Lipinski definition) is 9. The molecule has 0 unspecified atom stereocenters. The number of hydrogen-bond donors (Lipinski definition) is 7. The maximum atomic E-state index is 14.6. The average Bonchev–Trinajstić information content (AvgIpc) is 3.29. The van der Waals surface area contributed by atoms with E-state index in [-0.39, 0.29) is 31.9 Å². The molecule has 7 N–H and O–H groups in total. The Kier molecular flexibility index (Phi) is 17.5. The fourth-order valence-corrected chi connectivity index (χ4v) is 7.11. The molecule has 64 heavy (non-hydrogen) atoms. The van der Waals surface area contributed by atoms with Crippen LogP contribution < -0.4 is 31.3 Å².